The average molecular weight is 350 g/mol. The molecule has 0 fully saturated rings. The van der Waals surface area contributed by atoms with E-state index in [9.17, 15) is 4.79 Å². The number of ether oxygens (including phenoxy) is 2. The van der Waals surface area contributed by atoms with E-state index in [0.29, 0.717) is 17.0 Å². The van der Waals surface area contributed by atoms with Crippen LogP contribution in [0, 0.1) is 6.92 Å². The second-order valence-corrected chi connectivity index (χ2v) is 5.46. The number of methoxy groups -OCH3 is 1. The van der Waals surface area contributed by atoms with E-state index in [4.69, 9.17) is 15.2 Å². The van der Waals surface area contributed by atoms with E-state index in [-0.39, 0.29) is 12.6 Å². The first-order valence-electron chi connectivity index (χ1n) is 6.37. The predicted molar refractivity (Wildman–Crippen MR) is 85.4 cm³/mol. The van der Waals surface area contributed by atoms with Crippen LogP contribution in [-0.2, 0) is 11.3 Å². The summed E-state index contributed by atoms with van der Waals surface area (Å²) in [5.41, 5.74) is 8.45. The zero-order valence-corrected chi connectivity index (χ0v) is 13.4. The van der Waals surface area contributed by atoms with Crippen LogP contribution in [-0.4, -0.2) is 13.1 Å². The SMILES string of the molecule is COc1ccc(Br)c(COC(=O)c2ccc(N)cc2C)c1. The number of benzene rings is 2. The number of anilines is 1. The summed E-state index contributed by atoms with van der Waals surface area (Å²) in [6.45, 7) is 1.99. The van der Waals surface area contributed by atoms with Gasteiger partial charge in [0.2, 0.25) is 0 Å². The molecule has 0 spiro atoms. The maximum Gasteiger partial charge on any atom is 0.338 e. The van der Waals surface area contributed by atoms with Crippen LogP contribution in [0.5, 0.6) is 5.75 Å². The summed E-state index contributed by atoms with van der Waals surface area (Å²) in [5, 5.41) is 0. The molecule has 0 aliphatic rings. The standard InChI is InChI=1S/C16H16BrNO3/c1-10-7-12(18)3-5-14(10)16(19)21-9-11-8-13(20-2)4-6-15(11)17/h3-8H,9,18H2,1-2H3. The van der Waals surface area contributed by atoms with Crippen molar-refractivity contribution < 1.29 is 14.3 Å². The summed E-state index contributed by atoms with van der Waals surface area (Å²) in [5.74, 6) is 0.343. The van der Waals surface area contributed by atoms with Crippen molar-refractivity contribution in [2.45, 2.75) is 13.5 Å². The number of esters is 1. The van der Waals surface area contributed by atoms with Crippen molar-refractivity contribution in [3.8, 4) is 5.75 Å². The van der Waals surface area contributed by atoms with Gasteiger partial charge in [-0.2, -0.15) is 0 Å². The smallest absolute Gasteiger partial charge is 0.338 e. The van der Waals surface area contributed by atoms with Crippen molar-refractivity contribution in [3.63, 3.8) is 0 Å². The van der Waals surface area contributed by atoms with Gasteiger partial charge in [-0.3, -0.25) is 0 Å². The molecule has 2 N–H and O–H groups in total. The number of halogens is 1. The molecule has 2 aromatic carbocycles. The highest BCUT2D eigenvalue weighted by molar-refractivity contribution is 9.10. The lowest BCUT2D eigenvalue weighted by Crippen LogP contribution is -2.08. The minimum atomic E-state index is -0.373. The number of nitrogen functional groups attached to an aromatic ring is 1. The summed E-state index contributed by atoms with van der Waals surface area (Å²) >= 11 is 3.43. The summed E-state index contributed by atoms with van der Waals surface area (Å²) in [6.07, 6.45) is 0. The van der Waals surface area contributed by atoms with Gasteiger partial charge in [0.25, 0.3) is 0 Å². The molecule has 2 rings (SSSR count). The maximum absolute atomic E-state index is 12.1. The van der Waals surface area contributed by atoms with E-state index >= 15 is 0 Å². The van der Waals surface area contributed by atoms with Crippen LogP contribution >= 0.6 is 15.9 Å². The Morgan fingerprint density at radius 1 is 1.24 bits per heavy atom. The molecule has 0 aliphatic carbocycles. The number of hydrogen-bond donors (Lipinski definition) is 1. The fourth-order valence-electron chi connectivity index (χ4n) is 1.93. The highest BCUT2D eigenvalue weighted by atomic mass is 79.9. The van der Waals surface area contributed by atoms with Gasteiger partial charge in [-0.25, -0.2) is 4.79 Å². The van der Waals surface area contributed by atoms with E-state index in [2.05, 4.69) is 15.9 Å². The lowest BCUT2D eigenvalue weighted by Gasteiger charge is -2.10. The maximum atomic E-state index is 12.1. The Bertz CT molecular complexity index is 671. The Balaban J connectivity index is 2.10. The Kier molecular flexibility index (Phi) is 4.85. The van der Waals surface area contributed by atoms with Crippen LogP contribution in [0.4, 0.5) is 5.69 Å². The first kappa shape index (κ1) is 15.4. The molecule has 0 saturated carbocycles. The Morgan fingerprint density at radius 2 is 2.00 bits per heavy atom. The van der Waals surface area contributed by atoms with Gasteiger partial charge in [0.05, 0.1) is 12.7 Å². The quantitative estimate of drug-likeness (QED) is 0.675. The van der Waals surface area contributed by atoms with Gasteiger partial charge in [0.1, 0.15) is 12.4 Å². The summed E-state index contributed by atoms with van der Waals surface area (Å²) in [7, 11) is 1.59. The van der Waals surface area contributed by atoms with Crippen LogP contribution in [0.2, 0.25) is 0 Å². The number of aryl methyl sites for hydroxylation is 1. The van der Waals surface area contributed by atoms with Gasteiger partial charge in [-0.15, -0.1) is 0 Å². The highest BCUT2D eigenvalue weighted by Gasteiger charge is 2.12. The summed E-state index contributed by atoms with van der Waals surface area (Å²) in [4.78, 5) is 12.1. The van der Waals surface area contributed by atoms with Gasteiger partial charge in [-0.1, -0.05) is 15.9 Å². The normalized spacial score (nSPS) is 10.2. The summed E-state index contributed by atoms with van der Waals surface area (Å²) < 4.78 is 11.4. The topological polar surface area (TPSA) is 61.5 Å². The van der Waals surface area contributed by atoms with E-state index in [1.54, 1.807) is 25.3 Å². The minimum absolute atomic E-state index is 0.167. The third kappa shape index (κ3) is 3.76. The van der Waals surface area contributed by atoms with Gasteiger partial charge in [0.15, 0.2) is 0 Å². The molecular weight excluding hydrogens is 334 g/mol. The Hall–Kier alpha value is -2.01. The van der Waals surface area contributed by atoms with Crippen molar-refractivity contribution in [2.24, 2.45) is 0 Å². The third-order valence-electron chi connectivity index (χ3n) is 3.08. The number of carbonyl (C=O) groups is 1. The van der Waals surface area contributed by atoms with Gasteiger partial charge in [0, 0.05) is 15.7 Å². The van der Waals surface area contributed by atoms with Crippen LogP contribution < -0.4 is 10.5 Å². The van der Waals surface area contributed by atoms with Crippen molar-refractivity contribution in [1.29, 1.82) is 0 Å². The second-order valence-electron chi connectivity index (χ2n) is 4.61. The number of rotatable bonds is 4. The minimum Gasteiger partial charge on any atom is -0.497 e. The molecule has 0 aliphatic heterocycles. The van der Waals surface area contributed by atoms with E-state index < -0.39 is 0 Å². The molecule has 0 amide bonds. The second kappa shape index (κ2) is 6.63. The monoisotopic (exact) mass is 349 g/mol. The fraction of sp³-hybridized carbons (Fsp3) is 0.188. The van der Waals surface area contributed by atoms with Crippen LogP contribution in [0.25, 0.3) is 0 Å². The summed E-state index contributed by atoms with van der Waals surface area (Å²) in [6, 6.07) is 10.6. The zero-order valence-electron chi connectivity index (χ0n) is 11.9. The van der Waals surface area contributed by atoms with Gasteiger partial charge >= 0.3 is 5.97 Å². The van der Waals surface area contributed by atoms with E-state index in [0.717, 1.165) is 15.6 Å². The molecule has 0 aromatic heterocycles. The van der Waals surface area contributed by atoms with E-state index in [1.165, 1.54) is 0 Å². The van der Waals surface area contributed by atoms with Crippen LogP contribution in [0.15, 0.2) is 40.9 Å². The average Bonchev–Trinajstić information content (AvgIpc) is 2.46. The lowest BCUT2D eigenvalue weighted by atomic mass is 10.1. The molecule has 110 valence electrons. The Morgan fingerprint density at radius 3 is 2.67 bits per heavy atom. The molecule has 0 saturated heterocycles. The van der Waals surface area contributed by atoms with Gasteiger partial charge in [-0.05, 0) is 48.9 Å². The zero-order chi connectivity index (χ0) is 15.4. The van der Waals surface area contributed by atoms with Gasteiger partial charge < -0.3 is 15.2 Å². The van der Waals surface area contributed by atoms with Crippen molar-refractivity contribution in [1.82, 2.24) is 0 Å². The van der Waals surface area contributed by atoms with Crippen LogP contribution in [0.3, 0.4) is 0 Å². The van der Waals surface area contributed by atoms with E-state index in [1.807, 2.05) is 25.1 Å². The highest BCUT2D eigenvalue weighted by Crippen LogP contribution is 2.23. The molecule has 0 atom stereocenters. The van der Waals surface area contributed by atoms with Crippen molar-refractivity contribution in [2.75, 3.05) is 12.8 Å². The predicted octanol–water partition coefficient (Wildman–Crippen LogP) is 3.71. The molecule has 21 heavy (non-hydrogen) atoms. The Labute approximate surface area is 132 Å². The van der Waals surface area contributed by atoms with Crippen LogP contribution in [0.1, 0.15) is 21.5 Å². The number of nitrogens with two attached hydrogens (primary N) is 1. The third-order valence-corrected chi connectivity index (χ3v) is 3.86. The number of carbonyl (C=O) groups excluding carboxylic acids is 1. The molecule has 0 bridgehead atoms. The fourth-order valence-corrected chi connectivity index (χ4v) is 2.29. The largest absolute Gasteiger partial charge is 0.497 e. The first-order valence-corrected chi connectivity index (χ1v) is 7.16. The van der Waals surface area contributed by atoms with Crippen molar-refractivity contribution in [3.05, 3.63) is 57.6 Å². The molecule has 0 unspecified atom stereocenters. The first-order chi connectivity index (χ1) is 10.0. The number of hydrogen-bond acceptors (Lipinski definition) is 4. The molecule has 0 radical (unpaired) electrons. The molecule has 0 heterocycles. The molecule has 2 aromatic rings. The molecule has 4 nitrogen and oxygen atoms in total. The molecular formula is C16H16BrNO3. The lowest BCUT2D eigenvalue weighted by molar-refractivity contribution is 0.0471. The molecule has 5 heteroatoms. The van der Waals surface area contributed by atoms with Crippen molar-refractivity contribution >= 4 is 27.6 Å².